The molecule has 0 aliphatic carbocycles. The molecule has 0 spiro atoms. The van der Waals surface area contributed by atoms with Crippen molar-refractivity contribution in [3.63, 3.8) is 0 Å². The van der Waals surface area contributed by atoms with E-state index in [2.05, 4.69) is 10.5 Å². The van der Waals surface area contributed by atoms with Crippen molar-refractivity contribution in [1.29, 1.82) is 0 Å². The molecule has 1 unspecified atom stereocenters. The summed E-state index contributed by atoms with van der Waals surface area (Å²) in [6.45, 7) is -0.280. The van der Waals surface area contributed by atoms with Gasteiger partial charge in [-0.2, -0.15) is 13.2 Å². The predicted octanol–water partition coefficient (Wildman–Crippen LogP) is 2.35. The maximum absolute atomic E-state index is 12.6. The fraction of sp³-hybridized carbons (Fsp3) is 0.364. The third-order valence-electron chi connectivity index (χ3n) is 2.43. The van der Waals surface area contributed by atoms with Crippen LogP contribution in [0.5, 0.6) is 0 Å². The smallest absolute Gasteiger partial charge is 0.400 e. The molecule has 0 radical (unpaired) electrons. The van der Waals surface area contributed by atoms with E-state index >= 15 is 0 Å². The van der Waals surface area contributed by atoms with Gasteiger partial charge in [0.2, 0.25) is 0 Å². The second-order valence-electron chi connectivity index (χ2n) is 3.88. The van der Waals surface area contributed by atoms with Gasteiger partial charge in [0.1, 0.15) is 5.92 Å². The zero-order chi connectivity index (χ0) is 14.5. The normalized spacial score (nSPS) is 14.4. The van der Waals surface area contributed by atoms with E-state index in [1.54, 1.807) is 24.3 Å². The van der Waals surface area contributed by atoms with Gasteiger partial charge in [0.25, 0.3) is 0 Å². The highest BCUT2D eigenvalue weighted by molar-refractivity contribution is 6.30. The van der Waals surface area contributed by atoms with Crippen molar-refractivity contribution in [2.45, 2.75) is 12.7 Å². The van der Waals surface area contributed by atoms with Gasteiger partial charge >= 0.3 is 6.18 Å². The molecule has 0 fully saturated rings. The van der Waals surface area contributed by atoms with E-state index in [0.717, 1.165) is 5.56 Å². The Morgan fingerprint density at radius 3 is 2.68 bits per heavy atom. The van der Waals surface area contributed by atoms with Crippen molar-refractivity contribution >= 4 is 17.4 Å². The fourth-order valence-corrected chi connectivity index (χ4v) is 1.68. The van der Waals surface area contributed by atoms with Crippen LogP contribution in [0, 0.1) is 5.92 Å². The molecule has 0 heterocycles. The molecule has 0 aliphatic rings. The minimum absolute atomic E-state index is 0.200. The molecule has 0 aliphatic heterocycles. The van der Waals surface area contributed by atoms with E-state index < -0.39 is 24.5 Å². The second kappa shape index (κ2) is 6.63. The maximum atomic E-state index is 12.6. The van der Waals surface area contributed by atoms with Gasteiger partial charge in [0, 0.05) is 18.1 Å². The summed E-state index contributed by atoms with van der Waals surface area (Å²) in [5, 5.41) is 13.9. The van der Waals surface area contributed by atoms with Crippen LogP contribution in [0.25, 0.3) is 0 Å². The predicted molar refractivity (Wildman–Crippen MR) is 66.1 cm³/mol. The van der Waals surface area contributed by atoms with Gasteiger partial charge in [-0.05, 0) is 17.7 Å². The summed E-state index contributed by atoms with van der Waals surface area (Å²) < 4.78 is 37.8. The summed E-state index contributed by atoms with van der Waals surface area (Å²) in [6, 6.07) is 6.73. The van der Waals surface area contributed by atoms with Gasteiger partial charge in [-0.15, -0.1) is 0 Å². The summed E-state index contributed by atoms with van der Waals surface area (Å²) in [5.41, 5.74) is 5.77. The van der Waals surface area contributed by atoms with E-state index in [4.69, 9.17) is 22.5 Å². The van der Waals surface area contributed by atoms with E-state index in [0.29, 0.717) is 5.02 Å². The molecule has 0 aromatic heterocycles. The highest BCUT2D eigenvalue weighted by Gasteiger charge is 2.42. The zero-order valence-electron chi connectivity index (χ0n) is 9.78. The summed E-state index contributed by atoms with van der Waals surface area (Å²) in [7, 11) is 0. The molecule has 4 nitrogen and oxygen atoms in total. The number of halogens is 4. The summed E-state index contributed by atoms with van der Waals surface area (Å²) >= 11 is 5.75. The third kappa shape index (κ3) is 4.96. The molecular formula is C11H13ClF3N3O. The van der Waals surface area contributed by atoms with Crippen molar-refractivity contribution < 1.29 is 18.4 Å². The Bertz CT molecular complexity index is 451. The van der Waals surface area contributed by atoms with Gasteiger partial charge in [0.05, 0.1) is 0 Å². The number of nitrogens with one attached hydrogen (secondary N) is 1. The van der Waals surface area contributed by atoms with E-state index in [9.17, 15) is 13.2 Å². The Hall–Kier alpha value is -1.47. The Morgan fingerprint density at radius 1 is 1.47 bits per heavy atom. The Balaban J connectivity index is 2.58. The van der Waals surface area contributed by atoms with Crippen LogP contribution in [0.3, 0.4) is 0 Å². The molecule has 19 heavy (non-hydrogen) atoms. The van der Waals surface area contributed by atoms with E-state index in [-0.39, 0.29) is 6.54 Å². The van der Waals surface area contributed by atoms with Gasteiger partial charge < -0.3 is 16.3 Å². The average molecular weight is 296 g/mol. The van der Waals surface area contributed by atoms with Crippen molar-refractivity contribution in [2.75, 3.05) is 6.54 Å². The van der Waals surface area contributed by atoms with Crippen LogP contribution in [0.15, 0.2) is 29.4 Å². The molecular weight excluding hydrogens is 283 g/mol. The van der Waals surface area contributed by atoms with Gasteiger partial charge in [-0.25, -0.2) is 0 Å². The Morgan fingerprint density at radius 2 is 2.16 bits per heavy atom. The molecule has 8 heteroatoms. The topological polar surface area (TPSA) is 70.6 Å². The van der Waals surface area contributed by atoms with Crippen molar-refractivity contribution in [3.05, 3.63) is 34.9 Å². The largest absolute Gasteiger partial charge is 0.409 e. The third-order valence-corrected chi connectivity index (χ3v) is 2.67. The lowest BCUT2D eigenvalue weighted by atomic mass is 10.1. The molecule has 1 aromatic rings. The van der Waals surface area contributed by atoms with Crippen LogP contribution in [0.4, 0.5) is 13.2 Å². The summed E-state index contributed by atoms with van der Waals surface area (Å²) in [4.78, 5) is 0. The Kier molecular flexibility index (Phi) is 5.44. The number of nitrogens with two attached hydrogens (primary N) is 1. The first-order valence-corrected chi connectivity index (χ1v) is 5.71. The number of alkyl halides is 3. The lowest BCUT2D eigenvalue weighted by Gasteiger charge is -2.19. The first kappa shape index (κ1) is 15.6. The SMILES string of the molecule is N/C(=N/O)C(CNCc1cccc(Cl)c1)C(F)(F)F. The molecule has 0 saturated carbocycles. The van der Waals surface area contributed by atoms with E-state index in [1.807, 2.05) is 0 Å². The fourth-order valence-electron chi connectivity index (χ4n) is 1.47. The Labute approximate surface area is 113 Å². The first-order chi connectivity index (χ1) is 8.84. The number of amidine groups is 1. The monoisotopic (exact) mass is 295 g/mol. The highest BCUT2D eigenvalue weighted by atomic mass is 35.5. The number of rotatable bonds is 5. The van der Waals surface area contributed by atoms with Crippen molar-refractivity contribution in [3.8, 4) is 0 Å². The number of nitrogens with zero attached hydrogens (tertiary/aromatic N) is 1. The number of hydrogen-bond acceptors (Lipinski definition) is 3. The van der Waals surface area contributed by atoms with Crippen LogP contribution in [-0.2, 0) is 6.54 Å². The number of oxime groups is 1. The maximum Gasteiger partial charge on any atom is 0.400 e. The summed E-state index contributed by atoms with van der Waals surface area (Å²) in [6.07, 6.45) is -4.57. The van der Waals surface area contributed by atoms with Gasteiger partial charge in [-0.1, -0.05) is 28.9 Å². The molecule has 4 N–H and O–H groups in total. The van der Waals surface area contributed by atoms with Crippen LogP contribution >= 0.6 is 11.6 Å². The lowest BCUT2D eigenvalue weighted by Crippen LogP contribution is -2.42. The standard InChI is InChI=1S/C11H13ClF3N3O/c12-8-3-1-2-7(4-8)5-17-6-9(10(16)18-19)11(13,14)15/h1-4,9,17,19H,5-6H2,(H2,16,18). The molecule has 1 rings (SSSR count). The molecule has 0 bridgehead atoms. The highest BCUT2D eigenvalue weighted by Crippen LogP contribution is 2.26. The van der Waals surface area contributed by atoms with Crippen LogP contribution in [0.2, 0.25) is 5.02 Å². The number of hydrogen-bond donors (Lipinski definition) is 3. The lowest BCUT2D eigenvalue weighted by molar-refractivity contribution is -0.154. The minimum atomic E-state index is -4.57. The van der Waals surface area contributed by atoms with E-state index in [1.165, 1.54) is 0 Å². The van der Waals surface area contributed by atoms with Crippen molar-refractivity contribution in [2.24, 2.45) is 16.8 Å². The first-order valence-electron chi connectivity index (χ1n) is 5.34. The average Bonchev–Trinajstić information content (AvgIpc) is 2.32. The summed E-state index contributed by atoms with van der Waals surface area (Å²) in [5.74, 6) is -2.90. The minimum Gasteiger partial charge on any atom is -0.409 e. The molecule has 1 aromatic carbocycles. The van der Waals surface area contributed by atoms with Crippen LogP contribution in [0.1, 0.15) is 5.56 Å². The van der Waals surface area contributed by atoms with Crippen LogP contribution in [-0.4, -0.2) is 23.8 Å². The molecule has 1 atom stereocenters. The van der Waals surface area contributed by atoms with Gasteiger partial charge in [-0.3, -0.25) is 0 Å². The number of benzene rings is 1. The van der Waals surface area contributed by atoms with Gasteiger partial charge in [0.15, 0.2) is 5.84 Å². The molecule has 106 valence electrons. The zero-order valence-corrected chi connectivity index (χ0v) is 10.5. The van der Waals surface area contributed by atoms with Crippen LogP contribution < -0.4 is 11.1 Å². The molecule has 0 saturated heterocycles. The quantitative estimate of drug-likeness (QED) is 0.338. The second-order valence-corrected chi connectivity index (χ2v) is 4.32. The van der Waals surface area contributed by atoms with Crippen molar-refractivity contribution in [1.82, 2.24) is 5.32 Å². The molecule has 0 amide bonds.